The molecule has 0 saturated carbocycles. The van der Waals surface area contributed by atoms with Crippen molar-refractivity contribution in [3.05, 3.63) is 36.3 Å². The van der Waals surface area contributed by atoms with Gasteiger partial charge in [-0.05, 0) is 12.1 Å². The Bertz CT molecular complexity index is 481. The number of nitrogens with one attached hydrogen (secondary N) is 3. The fourth-order valence-electron chi connectivity index (χ4n) is 1.21. The van der Waals surface area contributed by atoms with E-state index in [-0.39, 0.29) is 5.91 Å². The van der Waals surface area contributed by atoms with Crippen LogP contribution in [0, 0.1) is 0 Å². The number of anilines is 2. The molecule has 2 aromatic rings. The minimum atomic E-state index is -0.337. The molecule has 5 N–H and O–H groups in total. The lowest BCUT2D eigenvalue weighted by Gasteiger charge is -2.06. The molecular formula is C9H10N6O. The summed E-state index contributed by atoms with van der Waals surface area (Å²) in [4.78, 5) is 22.3. The van der Waals surface area contributed by atoms with E-state index < -0.39 is 0 Å². The van der Waals surface area contributed by atoms with E-state index >= 15 is 0 Å². The van der Waals surface area contributed by atoms with Gasteiger partial charge in [-0.3, -0.25) is 10.1 Å². The monoisotopic (exact) mass is 218 g/mol. The standard InChI is InChI=1S/C9H10N6O/c10-15-7-6(2-1-3-11-7)8(16)14-9-12-4-5-13-9/h1-5H,10H2,(H,11,15)(H2,12,13,14,16). The number of aromatic amines is 1. The maximum Gasteiger partial charge on any atom is 0.261 e. The number of imidazole rings is 1. The van der Waals surface area contributed by atoms with Gasteiger partial charge in [0.15, 0.2) is 5.82 Å². The molecule has 82 valence electrons. The van der Waals surface area contributed by atoms with E-state index in [0.29, 0.717) is 17.3 Å². The fraction of sp³-hybridized carbons (Fsp3) is 0. The molecular weight excluding hydrogens is 208 g/mol. The van der Waals surface area contributed by atoms with Crippen molar-refractivity contribution in [1.29, 1.82) is 0 Å². The number of nitrogens with two attached hydrogens (primary N) is 1. The van der Waals surface area contributed by atoms with Gasteiger partial charge in [0.25, 0.3) is 5.91 Å². The average Bonchev–Trinajstić information content (AvgIpc) is 2.81. The molecule has 1 amide bonds. The van der Waals surface area contributed by atoms with Crippen LogP contribution in [0.4, 0.5) is 11.8 Å². The first-order valence-corrected chi connectivity index (χ1v) is 4.53. The minimum Gasteiger partial charge on any atom is -0.331 e. The zero-order valence-corrected chi connectivity index (χ0v) is 8.27. The van der Waals surface area contributed by atoms with E-state index in [4.69, 9.17) is 5.84 Å². The highest BCUT2D eigenvalue weighted by atomic mass is 16.1. The number of pyridine rings is 1. The van der Waals surface area contributed by atoms with Crippen LogP contribution in [0.5, 0.6) is 0 Å². The lowest BCUT2D eigenvalue weighted by Crippen LogP contribution is -2.18. The van der Waals surface area contributed by atoms with Crippen LogP contribution in [0.3, 0.4) is 0 Å². The Morgan fingerprint density at radius 1 is 1.38 bits per heavy atom. The molecule has 0 aromatic carbocycles. The minimum absolute atomic E-state index is 0.312. The first-order chi connectivity index (χ1) is 7.81. The molecule has 0 bridgehead atoms. The Morgan fingerprint density at radius 2 is 2.25 bits per heavy atom. The summed E-state index contributed by atoms with van der Waals surface area (Å²) in [6, 6.07) is 3.26. The zero-order chi connectivity index (χ0) is 11.4. The predicted octanol–water partition coefficient (Wildman–Crippen LogP) is 0.343. The number of aromatic nitrogens is 3. The van der Waals surface area contributed by atoms with Crippen molar-refractivity contribution >= 4 is 17.7 Å². The second-order valence-electron chi connectivity index (χ2n) is 2.94. The van der Waals surface area contributed by atoms with E-state index in [1.54, 1.807) is 30.7 Å². The van der Waals surface area contributed by atoms with Crippen LogP contribution in [0.1, 0.15) is 10.4 Å². The van der Waals surface area contributed by atoms with Gasteiger partial charge in [0.2, 0.25) is 5.95 Å². The third-order valence-corrected chi connectivity index (χ3v) is 1.92. The van der Waals surface area contributed by atoms with Crippen molar-refractivity contribution < 1.29 is 4.79 Å². The Kier molecular flexibility index (Phi) is 2.79. The zero-order valence-electron chi connectivity index (χ0n) is 8.27. The Labute approximate surface area is 91.1 Å². The van der Waals surface area contributed by atoms with Crippen LogP contribution in [0.25, 0.3) is 0 Å². The largest absolute Gasteiger partial charge is 0.331 e. The van der Waals surface area contributed by atoms with Crippen LogP contribution >= 0.6 is 0 Å². The van der Waals surface area contributed by atoms with Crippen molar-refractivity contribution in [1.82, 2.24) is 15.0 Å². The summed E-state index contributed by atoms with van der Waals surface area (Å²) in [5.74, 6) is 5.59. The normalized spacial score (nSPS) is 9.81. The van der Waals surface area contributed by atoms with Crippen LogP contribution in [-0.2, 0) is 0 Å². The first kappa shape index (κ1) is 10.1. The molecule has 16 heavy (non-hydrogen) atoms. The van der Waals surface area contributed by atoms with E-state index in [9.17, 15) is 4.79 Å². The number of nitrogens with zero attached hydrogens (tertiary/aromatic N) is 2. The molecule has 2 aromatic heterocycles. The number of H-pyrrole nitrogens is 1. The van der Waals surface area contributed by atoms with Gasteiger partial charge in [0.05, 0.1) is 5.56 Å². The van der Waals surface area contributed by atoms with E-state index in [1.165, 1.54) is 0 Å². The number of hydrogen-bond acceptors (Lipinski definition) is 5. The van der Waals surface area contributed by atoms with Gasteiger partial charge in [0.1, 0.15) is 0 Å². The van der Waals surface area contributed by atoms with Crippen molar-refractivity contribution in [2.75, 3.05) is 10.7 Å². The Morgan fingerprint density at radius 3 is 2.94 bits per heavy atom. The highest BCUT2D eigenvalue weighted by Gasteiger charge is 2.12. The van der Waals surface area contributed by atoms with E-state index in [1.807, 2.05) is 0 Å². The smallest absolute Gasteiger partial charge is 0.261 e. The summed E-state index contributed by atoms with van der Waals surface area (Å²) in [5, 5.41) is 2.57. The number of nitrogen functional groups attached to an aromatic ring is 1. The van der Waals surface area contributed by atoms with Gasteiger partial charge < -0.3 is 10.4 Å². The van der Waals surface area contributed by atoms with Gasteiger partial charge in [-0.2, -0.15) is 0 Å². The lowest BCUT2D eigenvalue weighted by molar-refractivity contribution is 0.102. The molecule has 7 nitrogen and oxygen atoms in total. The third kappa shape index (κ3) is 1.98. The topological polar surface area (TPSA) is 109 Å². The summed E-state index contributed by atoms with van der Waals surface area (Å²) in [6.07, 6.45) is 4.70. The molecule has 0 atom stereocenters. The lowest BCUT2D eigenvalue weighted by atomic mass is 10.2. The molecule has 0 aliphatic carbocycles. The molecule has 2 rings (SSSR count). The number of carbonyl (C=O) groups excluding carboxylic acids is 1. The van der Waals surface area contributed by atoms with Gasteiger partial charge in [-0.25, -0.2) is 15.8 Å². The quantitative estimate of drug-likeness (QED) is 0.439. The number of hydrazine groups is 1. The Balaban J connectivity index is 2.21. The fourth-order valence-corrected chi connectivity index (χ4v) is 1.21. The number of hydrogen-bond donors (Lipinski definition) is 4. The summed E-state index contributed by atoms with van der Waals surface area (Å²) < 4.78 is 0. The number of carbonyl (C=O) groups is 1. The third-order valence-electron chi connectivity index (χ3n) is 1.92. The van der Waals surface area contributed by atoms with E-state index in [2.05, 4.69) is 25.7 Å². The first-order valence-electron chi connectivity index (χ1n) is 4.53. The predicted molar refractivity (Wildman–Crippen MR) is 58.6 cm³/mol. The second kappa shape index (κ2) is 4.41. The van der Waals surface area contributed by atoms with E-state index in [0.717, 1.165) is 0 Å². The van der Waals surface area contributed by atoms with Crippen LogP contribution in [0.15, 0.2) is 30.7 Å². The molecule has 0 aliphatic heterocycles. The van der Waals surface area contributed by atoms with Gasteiger partial charge in [0, 0.05) is 18.6 Å². The summed E-state index contributed by atoms with van der Waals surface area (Å²) in [6.45, 7) is 0. The van der Waals surface area contributed by atoms with Crippen LogP contribution < -0.4 is 16.6 Å². The molecule has 0 unspecified atom stereocenters. The van der Waals surface area contributed by atoms with Gasteiger partial charge in [-0.15, -0.1) is 0 Å². The molecule has 0 fully saturated rings. The van der Waals surface area contributed by atoms with Crippen molar-refractivity contribution in [2.24, 2.45) is 5.84 Å². The highest BCUT2D eigenvalue weighted by Crippen LogP contribution is 2.11. The second-order valence-corrected chi connectivity index (χ2v) is 2.94. The number of amides is 1. The SMILES string of the molecule is NNc1ncccc1C(=O)Nc1ncc[nH]1. The highest BCUT2D eigenvalue weighted by molar-refractivity contribution is 6.06. The summed E-state index contributed by atoms with van der Waals surface area (Å²) in [5.41, 5.74) is 2.70. The molecule has 0 spiro atoms. The maximum atomic E-state index is 11.8. The van der Waals surface area contributed by atoms with Crippen molar-refractivity contribution in [3.8, 4) is 0 Å². The molecule has 7 heteroatoms. The Hall–Kier alpha value is -2.41. The van der Waals surface area contributed by atoms with Crippen LogP contribution in [0.2, 0.25) is 0 Å². The summed E-state index contributed by atoms with van der Waals surface area (Å²) >= 11 is 0. The maximum absolute atomic E-state index is 11.8. The molecule has 2 heterocycles. The number of rotatable bonds is 3. The van der Waals surface area contributed by atoms with Gasteiger partial charge in [-0.1, -0.05) is 0 Å². The van der Waals surface area contributed by atoms with Crippen LogP contribution in [-0.4, -0.2) is 20.9 Å². The molecule has 0 radical (unpaired) electrons. The average molecular weight is 218 g/mol. The van der Waals surface area contributed by atoms with Crippen molar-refractivity contribution in [3.63, 3.8) is 0 Å². The van der Waals surface area contributed by atoms with Gasteiger partial charge >= 0.3 is 0 Å². The summed E-state index contributed by atoms with van der Waals surface area (Å²) in [7, 11) is 0. The molecule has 0 aliphatic rings. The molecule has 0 saturated heterocycles. The van der Waals surface area contributed by atoms with Crippen molar-refractivity contribution in [2.45, 2.75) is 0 Å².